The highest BCUT2D eigenvalue weighted by molar-refractivity contribution is 6.19. The van der Waals surface area contributed by atoms with Crippen LogP contribution in [0, 0.1) is 0 Å². The number of amides is 1. The smallest absolute Gasteiger partial charge is 0.212 e. The molecule has 0 bridgehead atoms. The van der Waals surface area contributed by atoms with Gasteiger partial charge in [-0.25, -0.2) is 0 Å². The van der Waals surface area contributed by atoms with Crippen molar-refractivity contribution in [1.29, 1.82) is 0 Å². The summed E-state index contributed by atoms with van der Waals surface area (Å²) < 4.78 is 0. The van der Waals surface area contributed by atoms with Crippen molar-refractivity contribution in [3.05, 3.63) is 0 Å². The lowest BCUT2D eigenvalue weighted by atomic mass is 10.1. The van der Waals surface area contributed by atoms with Crippen LogP contribution in [0.5, 0.6) is 0 Å². The largest absolute Gasteiger partial charge is 0.350 e. The van der Waals surface area contributed by atoms with Gasteiger partial charge in [0.1, 0.15) is 13.6 Å². The summed E-state index contributed by atoms with van der Waals surface area (Å²) in [4.78, 5) is 20.7. The van der Waals surface area contributed by atoms with Crippen molar-refractivity contribution in [2.24, 2.45) is 0 Å². The van der Waals surface area contributed by atoms with Gasteiger partial charge in [-0.15, -0.1) is 0 Å². The van der Waals surface area contributed by atoms with Crippen LogP contribution in [0.2, 0.25) is 6.32 Å². The Hall–Kier alpha value is -0.795. The predicted molar refractivity (Wildman–Crippen MR) is 37.0 cm³/mol. The lowest BCUT2D eigenvalue weighted by Crippen LogP contribution is -2.27. The third-order valence-electron chi connectivity index (χ3n) is 0.856. The SMILES string of the molecule is BCC(=O)NCC(C)=O. The van der Waals surface area contributed by atoms with Gasteiger partial charge in [0.05, 0.1) is 6.54 Å². The zero-order valence-electron chi connectivity index (χ0n) is 5.73. The summed E-state index contributed by atoms with van der Waals surface area (Å²) in [7, 11) is 1.75. The number of carbonyl (C=O) groups is 2. The molecule has 9 heavy (non-hydrogen) atoms. The van der Waals surface area contributed by atoms with E-state index in [1.165, 1.54) is 6.92 Å². The van der Waals surface area contributed by atoms with E-state index >= 15 is 0 Å². The zero-order valence-corrected chi connectivity index (χ0v) is 5.73. The van der Waals surface area contributed by atoms with Crippen LogP contribution in [0.1, 0.15) is 6.92 Å². The van der Waals surface area contributed by atoms with Crippen LogP contribution in [0.3, 0.4) is 0 Å². The standard InChI is InChI=1S/C5H10BNO2/c1-4(8)3-7-5(9)2-6/h2-3,6H2,1H3,(H,7,9). The van der Waals surface area contributed by atoms with E-state index in [0.717, 1.165) is 0 Å². The Morgan fingerprint density at radius 2 is 2.11 bits per heavy atom. The maximum atomic E-state index is 10.5. The van der Waals surface area contributed by atoms with E-state index in [0.29, 0.717) is 6.32 Å². The molecule has 0 aliphatic carbocycles. The minimum Gasteiger partial charge on any atom is -0.350 e. The van der Waals surface area contributed by atoms with Crippen molar-refractivity contribution in [3.8, 4) is 0 Å². The van der Waals surface area contributed by atoms with E-state index in [-0.39, 0.29) is 18.2 Å². The molecule has 3 nitrogen and oxygen atoms in total. The molecule has 0 saturated heterocycles. The van der Waals surface area contributed by atoms with Gasteiger partial charge in [0.25, 0.3) is 0 Å². The highest BCUT2D eigenvalue weighted by Gasteiger charge is 1.96. The fourth-order valence-corrected chi connectivity index (χ4v) is 0.348. The number of carbonyl (C=O) groups excluding carboxylic acids is 2. The molecule has 0 aliphatic rings. The van der Waals surface area contributed by atoms with Crippen LogP contribution in [-0.4, -0.2) is 26.1 Å². The van der Waals surface area contributed by atoms with Crippen LogP contribution >= 0.6 is 0 Å². The molecule has 0 saturated carbocycles. The molecule has 50 valence electrons. The first-order chi connectivity index (χ1) is 4.16. The normalized spacial score (nSPS) is 8.56. The van der Waals surface area contributed by atoms with Crippen LogP contribution in [0.15, 0.2) is 0 Å². The quantitative estimate of drug-likeness (QED) is 0.481. The van der Waals surface area contributed by atoms with Crippen molar-refractivity contribution in [3.63, 3.8) is 0 Å². The van der Waals surface area contributed by atoms with Crippen LogP contribution in [0.25, 0.3) is 0 Å². The maximum Gasteiger partial charge on any atom is 0.212 e. The summed E-state index contributed by atoms with van der Waals surface area (Å²) in [6.07, 6.45) is 0.438. The summed E-state index contributed by atoms with van der Waals surface area (Å²) in [6, 6.07) is 0. The Morgan fingerprint density at radius 1 is 1.56 bits per heavy atom. The number of rotatable bonds is 3. The molecule has 0 rings (SSSR count). The van der Waals surface area contributed by atoms with Crippen molar-refractivity contribution >= 4 is 19.5 Å². The van der Waals surface area contributed by atoms with E-state index in [1.54, 1.807) is 7.85 Å². The molecule has 0 radical (unpaired) electrons. The van der Waals surface area contributed by atoms with E-state index in [4.69, 9.17) is 0 Å². The summed E-state index contributed by atoms with van der Waals surface area (Å²) in [5.74, 6) is -0.0954. The third-order valence-corrected chi connectivity index (χ3v) is 0.856. The minimum atomic E-state index is -0.0785. The van der Waals surface area contributed by atoms with Crippen LogP contribution in [-0.2, 0) is 9.59 Å². The summed E-state index contributed by atoms with van der Waals surface area (Å²) >= 11 is 0. The van der Waals surface area contributed by atoms with Crippen molar-refractivity contribution in [1.82, 2.24) is 5.32 Å². The van der Waals surface area contributed by atoms with Gasteiger partial charge in [0, 0.05) is 0 Å². The Kier molecular flexibility index (Phi) is 3.76. The van der Waals surface area contributed by atoms with Gasteiger partial charge in [0.2, 0.25) is 5.91 Å². The average Bonchev–Trinajstić information content (AvgIpc) is 1.83. The third kappa shape index (κ3) is 5.07. The van der Waals surface area contributed by atoms with Gasteiger partial charge in [-0.2, -0.15) is 0 Å². The molecule has 1 amide bonds. The van der Waals surface area contributed by atoms with Gasteiger partial charge in [-0.3, -0.25) is 9.59 Å². The lowest BCUT2D eigenvalue weighted by Gasteiger charge is -1.96. The fourth-order valence-electron chi connectivity index (χ4n) is 0.348. The van der Waals surface area contributed by atoms with Crippen LogP contribution in [0.4, 0.5) is 0 Å². The Morgan fingerprint density at radius 3 is 2.44 bits per heavy atom. The predicted octanol–water partition coefficient (Wildman–Crippen LogP) is -1.26. The molecular formula is C5H10BNO2. The first-order valence-corrected chi connectivity index (χ1v) is 2.93. The van der Waals surface area contributed by atoms with Gasteiger partial charge in [-0.1, -0.05) is 0 Å². The highest BCUT2D eigenvalue weighted by Crippen LogP contribution is 1.71. The molecule has 1 N–H and O–H groups in total. The molecule has 0 fully saturated rings. The Bertz CT molecular complexity index is 124. The second kappa shape index (κ2) is 4.12. The van der Waals surface area contributed by atoms with E-state index in [2.05, 4.69) is 5.32 Å². The van der Waals surface area contributed by atoms with E-state index in [9.17, 15) is 9.59 Å². The van der Waals surface area contributed by atoms with Crippen LogP contribution < -0.4 is 5.32 Å². The molecule has 0 aromatic rings. The number of ketones is 1. The molecule has 0 aromatic heterocycles. The van der Waals surface area contributed by atoms with Gasteiger partial charge < -0.3 is 5.32 Å². The summed E-state index contributed by atoms with van der Waals surface area (Å²) in [5, 5.41) is 2.44. The number of Topliss-reactive ketones (excluding diaryl/α,β-unsaturated/α-hetero) is 1. The maximum absolute atomic E-state index is 10.5. The molecule has 0 spiro atoms. The van der Waals surface area contributed by atoms with Crippen molar-refractivity contribution < 1.29 is 9.59 Å². The summed E-state index contributed by atoms with van der Waals surface area (Å²) in [6.45, 7) is 1.60. The minimum absolute atomic E-state index is 0.0169. The molecule has 4 heteroatoms. The molecule has 0 aliphatic heterocycles. The fraction of sp³-hybridized carbons (Fsp3) is 0.600. The Balaban J connectivity index is 3.28. The monoisotopic (exact) mass is 127 g/mol. The van der Waals surface area contributed by atoms with E-state index in [1.807, 2.05) is 0 Å². The molecule has 0 aromatic carbocycles. The first kappa shape index (κ1) is 8.20. The zero-order chi connectivity index (χ0) is 7.28. The Labute approximate surface area is 55.2 Å². The molecule has 0 heterocycles. The number of hydrogen-bond donors (Lipinski definition) is 1. The topological polar surface area (TPSA) is 46.2 Å². The molecular weight excluding hydrogens is 117 g/mol. The highest BCUT2D eigenvalue weighted by atomic mass is 16.2. The summed E-state index contributed by atoms with van der Waals surface area (Å²) in [5.41, 5.74) is 0. The average molecular weight is 127 g/mol. The number of hydrogen-bond acceptors (Lipinski definition) is 2. The van der Waals surface area contributed by atoms with Gasteiger partial charge in [0.15, 0.2) is 0 Å². The first-order valence-electron chi connectivity index (χ1n) is 2.93. The second-order valence-corrected chi connectivity index (χ2v) is 1.83. The number of nitrogens with one attached hydrogen (secondary N) is 1. The van der Waals surface area contributed by atoms with Gasteiger partial charge >= 0.3 is 0 Å². The van der Waals surface area contributed by atoms with Crippen molar-refractivity contribution in [2.75, 3.05) is 6.54 Å². The van der Waals surface area contributed by atoms with Crippen molar-refractivity contribution in [2.45, 2.75) is 13.2 Å². The lowest BCUT2D eigenvalue weighted by molar-refractivity contribution is -0.122. The van der Waals surface area contributed by atoms with E-state index < -0.39 is 0 Å². The second-order valence-electron chi connectivity index (χ2n) is 1.83. The van der Waals surface area contributed by atoms with Gasteiger partial charge in [-0.05, 0) is 13.2 Å². The molecule has 0 atom stereocenters. The molecule has 0 unspecified atom stereocenters.